The molecular weight excluding hydrogens is 350 g/mol. The fourth-order valence-corrected chi connectivity index (χ4v) is 3.31. The van der Waals surface area contributed by atoms with Gasteiger partial charge in [-0.15, -0.1) is 11.8 Å². The van der Waals surface area contributed by atoms with Crippen molar-refractivity contribution in [1.29, 1.82) is 0 Å². The first-order valence-corrected chi connectivity index (χ1v) is 9.18. The van der Waals surface area contributed by atoms with Gasteiger partial charge in [-0.25, -0.2) is 0 Å². The van der Waals surface area contributed by atoms with E-state index in [0.29, 0.717) is 11.3 Å². The molecule has 1 atom stereocenters. The molecule has 2 N–H and O–H groups in total. The van der Waals surface area contributed by atoms with Gasteiger partial charge in [-0.1, -0.05) is 29.8 Å². The molecule has 2 rings (SSSR count). The van der Waals surface area contributed by atoms with Crippen LogP contribution in [0.15, 0.2) is 53.4 Å². The second-order valence-electron chi connectivity index (χ2n) is 6.28. The van der Waals surface area contributed by atoms with Crippen molar-refractivity contribution >= 4 is 23.6 Å². The fraction of sp³-hybridized carbons (Fsp3) is 0.300. The molecule has 5 nitrogen and oxygen atoms in total. The number of amides is 1. The summed E-state index contributed by atoms with van der Waals surface area (Å²) in [6.07, 6.45) is -0.221. The summed E-state index contributed by atoms with van der Waals surface area (Å²) in [4.78, 5) is 24.8. The second-order valence-corrected chi connectivity index (χ2v) is 7.33. The van der Waals surface area contributed by atoms with Gasteiger partial charge in [-0.3, -0.25) is 9.59 Å². The van der Waals surface area contributed by atoms with Gasteiger partial charge in [-0.05, 0) is 43.7 Å². The minimum Gasteiger partial charge on any atom is -0.497 e. The Morgan fingerprint density at radius 2 is 1.88 bits per heavy atom. The highest BCUT2D eigenvalue weighted by atomic mass is 32.2. The zero-order valence-corrected chi connectivity index (χ0v) is 15.9. The zero-order chi connectivity index (χ0) is 19.2. The maximum absolute atomic E-state index is 12.5. The lowest BCUT2D eigenvalue weighted by molar-refractivity contribution is -0.139. The smallest absolute Gasteiger partial charge is 0.306 e. The van der Waals surface area contributed by atoms with E-state index >= 15 is 0 Å². The lowest BCUT2D eigenvalue weighted by Gasteiger charge is -2.30. The number of ether oxygens (including phenoxy) is 1. The van der Waals surface area contributed by atoms with Crippen LogP contribution in [0.25, 0.3) is 0 Å². The monoisotopic (exact) mass is 373 g/mol. The van der Waals surface area contributed by atoms with Gasteiger partial charge in [0.1, 0.15) is 5.75 Å². The molecule has 0 bridgehead atoms. The molecule has 138 valence electrons. The second kappa shape index (κ2) is 8.76. The molecule has 2 aromatic rings. The van der Waals surface area contributed by atoms with Crippen LogP contribution >= 0.6 is 11.8 Å². The summed E-state index contributed by atoms with van der Waals surface area (Å²) in [6.45, 7) is 3.72. The van der Waals surface area contributed by atoms with E-state index in [1.54, 1.807) is 38.3 Å². The number of thioether (sulfide) groups is 1. The molecule has 0 aliphatic rings. The molecular formula is C20H23NO4S. The average molecular weight is 373 g/mol. The number of hydrogen-bond acceptors (Lipinski definition) is 4. The Balaban J connectivity index is 2.11. The largest absolute Gasteiger partial charge is 0.497 e. The molecule has 1 amide bonds. The highest BCUT2D eigenvalue weighted by Gasteiger charge is 2.31. The Labute approximate surface area is 157 Å². The number of carbonyl (C=O) groups is 2. The van der Waals surface area contributed by atoms with Crippen molar-refractivity contribution in [3.8, 4) is 5.75 Å². The van der Waals surface area contributed by atoms with Crippen LogP contribution in [0.2, 0.25) is 0 Å². The quantitative estimate of drug-likeness (QED) is 0.692. The number of methoxy groups -OCH3 is 1. The molecule has 0 spiro atoms. The molecule has 0 heterocycles. The topological polar surface area (TPSA) is 75.6 Å². The number of rotatable bonds is 8. The van der Waals surface area contributed by atoms with E-state index in [4.69, 9.17) is 4.74 Å². The van der Waals surface area contributed by atoms with Gasteiger partial charge in [0.15, 0.2) is 0 Å². The minimum absolute atomic E-state index is 0.211. The SMILES string of the molecule is COc1cccc(C(C)(CC(=O)O)NC(=O)CSc2ccc(C)cc2)c1. The van der Waals surface area contributed by atoms with Gasteiger partial charge in [-0.2, -0.15) is 0 Å². The van der Waals surface area contributed by atoms with Crippen molar-refractivity contribution in [1.82, 2.24) is 5.32 Å². The third kappa shape index (κ3) is 5.52. The molecule has 0 aliphatic heterocycles. The van der Waals surface area contributed by atoms with E-state index in [2.05, 4.69) is 5.32 Å². The van der Waals surface area contributed by atoms with Crippen molar-refractivity contribution in [2.24, 2.45) is 0 Å². The maximum Gasteiger partial charge on any atom is 0.306 e. The first-order valence-electron chi connectivity index (χ1n) is 8.19. The standard InChI is InChI=1S/C20H23NO4S/c1-14-7-9-17(10-8-14)26-13-18(22)21-20(2,12-19(23)24)15-5-4-6-16(11-15)25-3/h4-11H,12-13H2,1-3H3,(H,21,22)(H,23,24). The van der Waals surface area contributed by atoms with Gasteiger partial charge in [0.2, 0.25) is 5.91 Å². The number of carboxylic acids is 1. The molecule has 0 aliphatic carbocycles. The number of carboxylic acid groups (broad SMARTS) is 1. The first kappa shape index (κ1) is 19.8. The van der Waals surface area contributed by atoms with Gasteiger partial charge >= 0.3 is 5.97 Å². The van der Waals surface area contributed by atoms with Crippen LogP contribution in [-0.4, -0.2) is 29.8 Å². The number of hydrogen-bond donors (Lipinski definition) is 2. The predicted octanol–water partition coefficient (Wildman–Crippen LogP) is 3.60. The molecule has 0 aromatic heterocycles. The summed E-state index contributed by atoms with van der Waals surface area (Å²) < 4.78 is 5.21. The van der Waals surface area contributed by atoms with Gasteiger partial charge in [0.05, 0.1) is 24.8 Å². The van der Waals surface area contributed by atoms with Crippen molar-refractivity contribution < 1.29 is 19.4 Å². The summed E-state index contributed by atoms with van der Waals surface area (Å²) in [7, 11) is 1.55. The van der Waals surface area contributed by atoms with Gasteiger partial charge in [0.25, 0.3) is 0 Å². The van der Waals surface area contributed by atoms with Gasteiger partial charge in [0, 0.05) is 4.90 Å². The van der Waals surface area contributed by atoms with E-state index < -0.39 is 11.5 Å². The molecule has 6 heteroatoms. The van der Waals surface area contributed by atoms with E-state index in [-0.39, 0.29) is 18.1 Å². The minimum atomic E-state index is -1.02. The lowest BCUT2D eigenvalue weighted by Crippen LogP contribution is -2.45. The zero-order valence-electron chi connectivity index (χ0n) is 15.1. The van der Waals surface area contributed by atoms with Crippen molar-refractivity contribution in [3.63, 3.8) is 0 Å². The molecule has 1 unspecified atom stereocenters. The normalized spacial score (nSPS) is 12.9. The summed E-state index contributed by atoms with van der Waals surface area (Å²) in [6, 6.07) is 15.0. The Morgan fingerprint density at radius 3 is 2.50 bits per heavy atom. The van der Waals surface area contributed by atoms with E-state index in [0.717, 1.165) is 10.5 Å². The van der Waals surface area contributed by atoms with Crippen molar-refractivity contribution in [2.45, 2.75) is 30.7 Å². The molecule has 0 fully saturated rings. The highest BCUT2D eigenvalue weighted by molar-refractivity contribution is 8.00. The van der Waals surface area contributed by atoms with Crippen molar-refractivity contribution in [3.05, 3.63) is 59.7 Å². The maximum atomic E-state index is 12.5. The number of nitrogens with one attached hydrogen (secondary N) is 1. The first-order chi connectivity index (χ1) is 12.3. The van der Waals surface area contributed by atoms with Crippen molar-refractivity contribution in [2.75, 3.05) is 12.9 Å². The van der Waals surface area contributed by atoms with Crippen LogP contribution in [0.5, 0.6) is 5.75 Å². The van der Waals surface area contributed by atoms with Crippen LogP contribution in [-0.2, 0) is 15.1 Å². The van der Waals surface area contributed by atoms with E-state index in [1.165, 1.54) is 11.8 Å². The Bertz CT molecular complexity index is 776. The molecule has 2 aromatic carbocycles. The summed E-state index contributed by atoms with van der Waals surface area (Å²) in [5, 5.41) is 12.2. The summed E-state index contributed by atoms with van der Waals surface area (Å²) >= 11 is 1.42. The molecule has 0 radical (unpaired) electrons. The average Bonchev–Trinajstić information content (AvgIpc) is 2.60. The predicted molar refractivity (Wildman–Crippen MR) is 103 cm³/mol. The Kier molecular flexibility index (Phi) is 6.69. The summed E-state index contributed by atoms with van der Waals surface area (Å²) in [5.41, 5.74) is 0.824. The fourth-order valence-electron chi connectivity index (χ4n) is 2.61. The Hall–Kier alpha value is -2.47. The summed E-state index contributed by atoms with van der Waals surface area (Å²) in [5.74, 6) is -0.381. The van der Waals surface area contributed by atoms with Crippen LogP contribution in [0, 0.1) is 6.92 Å². The third-order valence-corrected chi connectivity index (χ3v) is 5.03. The lowest BCUT2D eigenvalue weighted by atomic mass is 9.88. The third-order valence-electron chi connectivity index (χ3n) is 4.02. The van der Waals surface area contributed by atoms with Gasteiger partial charge < -0.3 is 15.2 Å². The Morgan fingerprint density at radius 1 is 1.19 bits per heavy atom. The number of benzene rings is 2. The van der Waals surface area contributed by atoms with Crippen LogP contribution in [0.4, 0.5) is 0 Å². The molecule has 0 saturated carbocycles. The van der Waals surface area contributed by atoms with Crippen LogP contribution < -0.4 is 10.1 Å². The molecule has 26 heavy (non-hydrogen) atoms. The number of carbonyl (C=O) groups excluding carboxylic acids is 1. The number of aryl methyl sites for hydroxylation is 1. The van der Waals surface area contributed by atoms with Crippen LogP contribution in [0.1, 0.15) is 24.5 Å². The highest BCUT2D eigenvalue weighted by Crippen LogP contribution is 2.28. The van der Waals surface area contributed by atoms with E-state index in [9.17, 15) is 14.7 Å². The van der Waals surface area contributed by atoms with Crippen LogP contribution in [0.3, 0.4) is 0 Å². The van der Waals surface area contributed by atoms with E-state index in [1.807, 2.05) is 31.2 Å². The number of aliphatic carboxylic acids is 1. The molecule has 0 saturated heterocycles.